The number of aliphatic hydroxyl groups is 1. The van der Waals surface area contributed by atoms with Crippen LogP contribution in [0.15, 0.2) is 18.2 Å². The molecule has 1 aromatic rings. The van der Waals surface area contributed by atoms with Crippen molar-refractivity contribution in [1.82, 2.24) is 0 Å². The van der Waals surface area contributed by atoms with Crippen molar-refractivity contribution in [2.24, 2.45) is 0 Å². The Bertz CT molecular complexity index is 437. The number of phenols is 1. The van der Waals surface area contributed by atoms with Crippen molar-refractivity contribution in [1.29, 1.82) is 0 Å². The van der Waals surface area contributed by atoms with Crippen LogP contribution in [0.3, 0.4) is 0 Å². The Morgan fingerprint density at radius 3 is 2.33 bits per heavy atom. The van der Waals surface area contributed by atoms with Gasteiger partial charge in [-0.25, -0.2) is 0 Å². The summed E-state index contributed by atoms with van der Waals surface area (Å²) in [4.78, 5) is 0. The zero-order valence-corrected chi connectivity index (χ0v) is 9.50. The molecule has 1 heterocycles. The first-order valence-corrected chi connectivity index (χ1v) is 5.54. The van der Waals surface area contributed by atoms with Gasteiger partial charge in [0.25, 0.3) is 0 Å². The Balaban J connectivity index is 2.43. The topological polar surface area (TPSA) is 49.7 Å². The molecule has 0 radical (unpaired) electrons. The molecule has 1 aromatic carbocycles. The first-order valence-electron chi connectivity index (χ1n) is 5.54. The molecule has 1 aliphatic heterocycles. The number of hydrogen-bond acceptors (Lipinski definition) is 3. The highest BCUT2D eigenvalue weighted by Gasteiger charge is 2.37. The summed E-state index contributed by atoms with van der Waals surface area (Å²) in [5.74, 6) is -0.326. The number of ether oxygens (including phenoxy) is 1. The number of phenolic OH excluding ortho intramolecular Hbond substituents is 1. The normalized spacial score (nSPS) is 19.8. The highest BCUT2D eigenvalue weighted by molar-refractivity contribution is 5.41. The number of rotatable bonds is 1. The first kappa shape index (κ1) is 13.2. The van der Waals surface area contributed by atoms with Gasteiger partial charge in [0.05, 0.1) is 11.2 Å². The maximum atomic E-state index is 12.6. The van der Waals surface area contributed by atoms with Crippen molar-refractivity contribution in [3.8, 4) is 5.75 Å². The molecule has 3 nitrogen and oxygen atoms in total. The smallest absolute Gasteiger partial charge is 0.416 e. The molecule has 0 amide bonds. The fourth-order valence-electron chi connectivity index (χ4n) is 2.06. The number of halogens is 3. The number of benzene rings is 1. The van der Waals surface area contributed by atoms with Gasteiger partial charge >= 0.3 is 6.18 Å². The highest BCUT2D eigenvalue weighted by atomic mass is 19.4. The van der Waals surface area contributed by atoms with Crippen LogP contribution in [0.2, 0.25) is 0 Å². The number of hydrogen-bond donors (Lipinski definition) is 2. The lowest BCUT2D eigenvalue weighted by Crippen LogP contribution is -2.33. The Morgan fingerprint density at radius 2 is 1.78 bits per heavy atom. The molecule has 18 heavy (non-hydrogen) atoms. The van der Waals surface area contributed by atoms with E-state index in [9.17, 15) is 23.4 Å². The molecule has 100 valence electrons. The Hall–Kier alpha value is -1.27. The monoisotopic (exact) mass is 262 g/mol. The van der Waals surface area contributed by atoms with Crippen LogP contribution in [0.25, 0.3) is 0 Å². The average molecular weight is 262 g/mol. The van der Waals surface area contributed by atoms with Crippen molar-refractivity contribution in [3.63, 3.8) is 0 Å². The first-order chi connectivity index (χ1) is 8.33. The third-order valence-corrected chi connectivity index (χ3v) is 3.15. The van der Waals surface area contributed by atoms with Gasteiger partial charge in [-0.1, -0.05) is 0 Å². The third kappa shape index (κ3) is 2.44. The van der Waals surface area contributed by atoms with Gasteiger partial charge in [0, 0.05) is 31.6 Å². The molecule has 0 spiro atoms. The quantitative estimate of drug-likeness (QED) is 0.817. The van der Waals surface area contributed by atoms with E-state index in [1.54, 1.807) is 0 Å². The molecule has 2 rings (SSSR count). The summed E-state index contributed by atoms with van der Waals surface area (Å²) in [5, 5.41) is 20.0. The molecule has 0 aliphatic carbocycles. The molecule has 0 saturated carbocycles. The van der Waals surface area contributed by atoms with Gasteiger partial charge in [0.15, 0.2) is 0 Å². The Kier molecular flexibility index (Phi) is 3.25. The highest BCUT2D eigenvalue weighted by Crippen LogP contribution is 2.40. The minimum atomic E-state index is -4.50. The van der Waals surface area contributed by atoms with Crippen LogP contribution in [-0.2, 0) is 16.5 Å². The molecule has 0 unspecified atom stereocenters. The van der Waals surface area contributed by atoms with Gasteiger partial charge in [0.1, 0.15) is 5.75 Å². The van der Waals surface area contributed by atoms with E-state index in [0.29, 0.717) is 0 Å². The molecule has 1 fully saturated rings. The predicted octanol–water partition coefficient (Wildman–Crippen LogP) is 2.41. The number of alkyl halides is 3. The molecule has 0 bridgehead atoms. The molecular formula is C12H13F3O3. The standard InChI is InChI=1S/C12H13F3O3/c13-12(14,15)8-1-2-10(16)9(7-8)11(17)3-5-18-6-4-11/h1-2,7,16-17H,3-6H2. The SMILES string of the molecule is Oc1ccc(C(F)(F)F)cc1C1(O)CCOCC1. The maximum absolute atomic E-state index is 12.6. The Labute approximate surface area is 102 Å². The van der Waals surface area contributed by atoms with Gasteiger partial charge < -0.3 is 14.9 Å². The lowest BCUT2D eigenvalue weighted by molar-refractivity contribution is -0.137. The van der Waals surface area contributed by atoms with E-state index in [4.69, 9.17) is 4.74 Å². The molecule has 1 aliphatic rings. The van der Waals surface area contributed by atoms with E-state index in [-0.39, 0.29) is 37.4 Å². The fourth-order valence-corrected chi connectivity index (χ4v) is 2.06. The largest absolute Gasteiger partial charge is 0.508 e. The average Bonchev–Trinajstić information content (AvgIpc) is 2.28. The molecule has 0 aromatic heterocycles. The van der Waals surface area contributed by atoms with Gasteiger partial charge in [-0.2, -0.15) is 13.2 Å². The van der Waals surface area contributed by atoms with Crippen LogP contribution in [0, 0.1) is 0 Å². The van der Waals surface area contributed by atoms with E-state index in [1.165, 1.54) is 0 Å². The predicted molar refractivity (Wildman–Crippen MR) is 57.1 cm³/mol. The van der Waals surface area contributed by atoms with Crippen molar-refractivity contribution in [2.75, 3.05) is 13.2 Å². The van der Waals surface area contributed by atoms with Gasteiger partial charge in [-0.05, 0) is 18.2 Å². The molecule has 2 N–H and O–H groups in total. The van der Waals surface area contributed by atoms with Crippen molar-refractivity contribution in [3.05, 3.63) is 29.3 Å². The molecule has 1 saturated heterocycles. The van der Waals surface area contributed by atoms with Crippen LogP contribution < -0.4 is 0 Å². The van der Waals surface area contributed by atoms with Gasteiger partial charge in [0.2, 0.25) is 0 Å². The van der Waals surface area contributed by atoms with E-state index in [0.717, 1.165) is 18.2 Å². The zero-order valence-electron chi connectivity index (χ0n) is 9.50. The van der Waals surface area contributed by atoms with E-state index in [2.05, 4.69) is 0 Å². The fraction of sp³-hybridized carbons (Fsp3) is 0.500. The lowest BCUT2D eigenvalue weighted by Gasteiger charge is -2.33. The van der Waals surface area contributed by atoms with Crippen LogP contribution >= 0.6 is 0 Å². The van der Waals surface area contributed by atoms with E-state index < -0.39 is 17.3 Å². The van der Waals surface area contributed by atoms with Crippen LogP contribution in [-0.4, -0.2) is 23.4 Å². The van der Waals surface area contributed by atoms with Gasteiger partial charge in [-0.15, -0.1) is 0 Å². The van der Waals surface area contributed by atoms with Crippen molar-refractivity contribution in [2.45, 2.75) is 24.6 Å². The van der Waals surface area contributed by atoms with E-state index in [1.807, 2.05) is 0 Å². The second kappa shape index (κ2) is 4.44. The summed E-state index contributed by atoms with van der Waals surface area (Å²) in [7, 11) is 0. The van der Waals surface area contributed by atoms with Crippen molar-refractivity contribution < 1.29 is 28.1 Å². The summed E-state index contributed by atoms with van der Waals surface area (Å²) in [6, 6.07) is 2.56. The van der Waals surface area contributed by atoms with Crippen LogP contribution in [0.4, 0.5) is 13.2 Å². The Morgan fingerprint density at radius 1 is 1.17 bits per heavy atom. The molecule has 6 heteroatoms. The van der Waals surface area contributed by atoms with Gasteiger partial charge in [-0.3, -0.25) is 0 Å². The zero-order chi connectivity index (χ0) is 13.4. The lowest BCUT2D eigenvalue weighted by atomic mass is 9.85. The number of aromatic hydroxyl groups is 1. The molecular weight excluding hydrogens is 249 g/mol. The summed E-state index contributed by atoms with van der Waals surface area (Å²) in [5.41, 5.74) is -2.42. The third-order valence-electron chi connectivity index (χ3n) is 3.15. The summed E-state index contributed by atoms with van der Waals surface area (Å²) < 4.78 is 42.9. The van der Waals surface area contributed by atoms with Crippen LogP contribution in [0.5, 0.6) is 5.75 Å². The minimum absolute atomic E-state index is 0.0828. The minimum Gasteiger partial charge on any atom is -0.508 e. The van der Waals surface area contributed by atoms with Crippen molar-refractivity contribution >= 4 is 0 Å². The second-order valence-corrected chi connectivity index (χ2v) is 4.37. The maximum Gasteiger partial charge on any atom is 0.416 e. The summed E-state index contributed by atoms with van der Waals surface area (Å²) in [6.45, 7) is 0.512. The molecule has 0 atom stereocenters. The summed E-state index contributed by atoms with van der Waals surface area (Å²) in [6.07, 6.45) is -4.16. The van der Waals surface area contributed by atoms with E-state index >= 15 is 0 Å². The summed E-state index contributed by atoms with van der Waals surface area (Å²) >= 11 is 0. The van der Waals surface area contributed by atoms with Crippen LogP contribution in [0.1, 0.15) is 24.0 Å². The second-order valence-electron chi connectivity index (χ2n) is 4.37.